The fraction of sp³-hybridized carbons (Fsp3) is 0.500. The van der Waals surface area contributed by atoms with Crippen molar-refractivity contribution < 1.29 is 4.92 Å². The van der Waals surface area contributed by atoms with E-state index in [1.165, 1.54) is 6.07 Å². The Labute approximate surface area is 88.5 Å². The lowest BCUT2D eigenvalue weighted by atomic mass is 9.98. The van der Waals surface area contributed by atoms with E-state index in [0.29, 0.717) is 5.69 Å². The fourth-order valence-corrected chi connectivity index (χ4v) is 1.31. The van der Waals surface area contributed by atoms with Gasteiger partial charge < -0.3 is 5.73 Å². The van der Waals surface area contributed by atoms with Crippen molar-refractivity contribution in [2.45, 2.75) is 32.7 Å². The first-order valence-electron chi connectivity index (χ1n) is 4.81. The number of hydrogen-bond donors (Lipinski definition) is 1. The molecule has 0 amide bonds. The summed E-state index contributed by atoms with van der Waals surface area (Å²) in [5.41, 5.74) is 7.01. The summed E-state index contributed by atoms with van der Waals surface area (Å²) < 4.78 is 0. The second kappa shape index (κ2) is 4.35. The van der Waals surface area contributed by atoms with E-state index in [1.54, 1.807) is 13.0 Å². The fourth-order valence-electron chi connectivity index (χ4n) is 1.31. The summed E-state index contributed by atoms with van der Waals surface area (Å²) in [6.07, 6.45) is 0. The summed E-state index contributed by atoms with van der Waals surface area (Å²) >= 11 is 0. The number of aryl methyl sites for hydroxylation is 1. The third-order valence-electron chi connectivity index (χ3n) is 2.46. The van der Waals surface area contributed by atoms with E-state index in [1.807, 2.05) is 13.8 Å². The van der Waals surface area contributed by atoms with Gasteiger partial charge in [-0.05, 0) is 19.9 Å². The number of aromatic nitrogens is 1. The number of nitrogens with two attached hydrogens (primary N) is 1. The van der Waals surface area contributed by atoms with Gasteiger partial charge in [0.05, 0.1) is 4.92 Å². The first-order chi connectivity index (χ1) is 6.93. The number of rotatable bonds is 3. The minimum Gasteiger partial charge on any atom is -0.327 e. The van der Waals surface area contributed by atoms with Gasteiger partial charge in [0.15, 0.2) is 0 Å². The van der Waals surface area contributed by atoms with E-state index in [4.69, 9.17) is 5.73 Å². The normalized spacial score (nSPS) is 14.7. The van der Waals surface area contributed by atoms with Gasteiger partial charge in [0.1, 0.15) is 5.69 Å². The van der Waals surface area contributed by atoms with Crippen LogP contribution in [0.2, 0.25) is 0 Å². The van der Waals surface area contributed by atoms with Gasteiger partial charge in [-0.2, -0.15) is 0 Å². The zero-order valence-corrected chi connectivity index (χ0v) is 9.10. The summed E-state index contributed by atoms with van der Waals surface area (Å²) in [4.78, 5) is 14.6. The average molecular weight is 209 g/mol. The Bertz CT molecular complexity index is 377. The molecule has 0 radical (unpaired) electrons. The maximum Gasteiger partial charge on any atom is 0.291 e. The van der Waals surface area contributed by atoms with E-state index in [-0.39, 0.29) is 17.6 Å². The molecule has 0 aliphatic heterocycles. The van der Waals surface area contributed by atoms with Crippen molar-refractivity contribution in [2.75, 3.05) is 0 Å². The second-order valence-electron chi connectivity index (χ2n) is 3.76. The van der Waals surface area contributed by atoms with E-state index in [9.17, 15) is 10.1 Å². The number of pyridine rings is 1. The molecule has 1 heterocycles. The zero-order valence-electron chi connectivity index (χ0n) is 9.10. The third kappa shape index (κ3) is 2.50. The Morgan fingerprint density at radius 2 is 2.07 bits per heavy atom. The molecule has 0 saturated heterocycles. The first kappa shape index (κ1) is 11.6. The second-order valence-corrected chi connectivity index (χ2v) is 3.76. The van der Waals surface area contributed by atoms with Gasteiger partial charge in [-0.3, -0.25) is 15.1 Å². The van der Waals surface area contributed by atoms with Crippen LogP contribution in [-0.2, 0) is 0 Å². The molecule has 82 valence electrons. The van der Waals surface area contributed by atoms with Crippen LogP contribution in [0.15, 0.2) is 12.1 Å². The minimum absolute atomic E-state index is 0.0467. The Morgan fingerprint density at radius 1 is 1.47 bits per heavy atom. The summed E-state index contributed by atoms with van der Waals surface area (Å²) in [7, 11) is 0. The van der Waals surface area contributed by atoms with E-state index < -0.39 is 4.92 Å². The summed E-state index contributed by atoms with van der Waals surface area (Å²) in [5, 5.41) is 10.8. The van der Waals surface area contributed by atoms with Gasteiger partial charge in [-0.1, -0.05) is 6.92 Å². The lowest BCUT2D eigenvalue weighted by Gasteiger charge is -2.15. The highest BCUT2D eigenvalue weighted by molar-refractivity contribution is 5.38. The minimum atomic E-state index is -0.416. The maximum atomic E-state index is 10.8. The van der Waals surface area contributed by atoms with Crippen molar-refractivity contribution in [3.8, 4) is 0 Å². The van der Waals surface area contributed by atoms with Crippen LogP contribution >= 0.6 is 0 Å². The van der Waals surface area contributed by atoms with Gasteiger partial charge in [0.25, 0.3) is 5.69 Å². The molecule has 0 bridgehead atoms. The largest absolute Gasteiger partial charge is 0.327 e. The zero-order chi connectivity index (χ0) is 11.6. The Kier molecular flexibility index (Phi) is 3.36. The molecule has 2 unspecified atom stereocenters. The average Bonchev–Trinajstić information content (AvgIpc) is 2.15. The number of nitro groups is 1. The molecule has 0 aliphatic carbocycles. The lowest BCUT2D eigenvalue weighted by Crippen LogP contribution is -2.24. The topological polar surface area (TPSA) is 82.0 Å². The SMILES string of the molecule is Cc1ccc([N+](=O)[O-])c(C(C)C(C)N)n1. The molecule has 5 heteroatoms. The molecule has 0 spiro atoms. The van der Waals surface area contributed by atoms with Crippen LogP contribution in [0, 0.1) is 17.0 Å². The van der Waals surface area contributed by atoms with Crippen molar-refractivity contribution in [3.63, 3.8) is 0 Å². The Morgan fingerprint density at radius 3 is 2.53 bits per heavy atom. The van der Waals surface area contributed by atoms with Crippen LogP contribution in [0.5, 0.6) is 0 Å². The van der Waals surface area contributed by atoms with Crippen molar-refractivity contribution >= 4 is 5.69 Å². The third-order valence-corrected chi connectivity index (χ3v) is 2.46. The van der Waals surface area contributed by atoms with Crippen LogP contribution in [0.1, 0.15) is 31.2 Å². The predicted molar refractivity (Wildman–Crippen MR) is 57.7 cm³/mol. The molecule has 0 fully saturated rings. The number of nitrogens with zero attached hydrogens (tertiary/aromatic N) is 2. The van der Waals surface area contributed by atoms with Gasteiger partial charge >= 0.3 is 0 Å². The highest BCUT2D eigenvalue weighted by atomic mass is 16.6. The highest BCUT2D eigenvalue weighted by Gasteiger charge is 2.22. The van der Waals surface area contributed by atoms with Crippen molar-refractivity contribution in [2.24, 2.45) is 5.73 Å². The highest BCUT2D eigenvalue weighted by Crippen LogP contribution is 2.26. The quantitative estimate of drug-likeness (QED) is 0.607. The Hall–Kier alpha value is -1.49. The molecular weight excluding hydrogens is 194 g/mol. The van der Waals surface area contributed by atoms with Crippen LogP contribution in [0.4, 0.5) is 5.69 Å². The standard InChI is InChI=1S/C10H15N3O2/c1-6-4-5-9(13(14)15)10(12-6)7(2)8(3)11/h4-5,7-8H,11H2,1-3H3. The maximum absolute atomic E-state index is 10.8. The Balaban J connectivity index is 3.24. The molecule has 15 heavy (non-hydrogen) atoms. The van der Waals surface area contributed by atoms with Gasteiger partial charge in [0.2, 0.25) is 0 Å². The summed E-state index contributed by atoms with van der Waals surface area (Å²) in [6.45, 7) is 5.47. The van der Waals surface area contributed by atoms with Gasteiger partial charge in [-0.25, -0.2) is 0 Å². The van der Waals surface area contributed by atoms with Crippen LogP contribution < -0.4 is 5.73 Å². The van der Waals surface area contributed by atoms with Crippen molar-refractivity contribution in [3.05, 3.63) is 33.6 Å². The van der Waals surface area contributed by atoms with Crippen molar-refractivity contribution in [1.29, 1.82) is 0 Å². The monoisotopic (exact) mass is 209 g/mol. The molecule has 5 nitrogen and oxygen atoms in total. The molecule has 0 saturated carbocycles. The van der Waals surface area contributed by atoms with E-state index >= 15 is 0 Å². The molecule has 1 rings (SSSR count). The lowest BCUT2D eigenvalue weighted by molar-refractivity contribution is -0.386. The molecular formula is C10H15N3O2. The van der Waals surface area contributed by atoms with E-state index in [0.717, 1.165) is 5.69 Å². The van der Waals surface area contributed by atoms with E-state index in [2.05, 4.69) is 4.98 Å². The molecule has 1 aromatic heterocycles. The van der Waals surface area contributed by atoms with Crippen LogP contribution in [0.3, 0.4) is 0 Å². The smallest absolute Gasteiger partial charge is 0.291 e. The van der Waals surface area contributed by atoms with Crippen LogP contribution in [0.25, 0.3) is 0 Å². The molecule has 0 aliphatic rings. The summed E-state index contributed by atoms with van der Waals surface area (Å²) in [5.74, 6) is -0.120. The first-order valence-corrected chi connectivity index (χ1v) is 4.81. The number of hydrogen-bond acceptors (Lipinski definition) is 4. The molecule has 2 N–H and O–H groups in total. The molecule has 1 aromatic rings. The van der Waals surface area contributed by atoms with Gasteiger partial charge in [-0.15, -0.1) is 0 Å². The summed E-state index contributed by atoms with van der Waals surface area (Å²) in [6, 6.07) is 2.96. The molecule has 0 aromatic carbocycles. The van der Waals surface area contributed by atoms with Crippen LogP contribution in [-0.4, -0.2) is 15.9 Å². The predicted octanol–water partition coefficient (Wildman–Crippen LogP) is 1.75. The van der Waals surface area contributed by atoms with Crippen molar-refractivity contribution in [1.82, 2.24) is 4.98 Å². The molecule has 2 atom stereocenters. The van der Waals surface area contributed by atoms with Gasteiger partial charge in [0, 0.05) is 23.7 Å².